The predicted molar refractivity (Wildman–Crippen MR) is 197 cm³/mol. The van der Waals surface area contributed by atoms with Gasteiger partial charge in [0.1, 0.15) is 23.8 Å². The number of hydrogen-bond acceptors (Lipinski definition) is 9. The Balaban J connectivity index is 0.848. The zero-order valence-electron chi connectivity index (χ0n) is 30.6. The molecule has 1 fully saturated rings. The van der Waals surface area contributed by atoms with E-state index < -0.39 is 53.5 Å². The van der Waals surface area contributed by atoms with Crippen molar-refractivity contribution in [1.29, 1.82) is 0 Å². The van der Waals surface area contributed by atoms with Gasteiger partial charge in [0.25, 0.3) is 5.91 Å². The number of alkyl halides is 3. The summed E-state index contributed by atoms with van der Waals surface area (Å²) in [6.45, 7) is 2.92. The summed E-state index contributed by atoms with van der Waals surface area (Å²) >= 11 is 0. The number of amides is 4. The number of urea groups is 1. The van der Waals surface area contributed by atoms with Crippen molar-refractivity contribution in [3.05, 3.63) is 76.8 Å². The van der Waals surface area contributed by atoms with E-state index in [1.54, 1.807) is 16.3 Å². The first kappa shape index (κ1) is 40.2. The average molecular weight is 787 g/mol. The first-order valence-corrected chi connectivity index (χ1v) is 18.5. The van der Waals surface area contributed by atoms with Gasteiger partial charge >= 0.3 is 12.2 Å². The molecule has 4 aromatic rings. The normalized spacial score (nSPS) is 17.4. The van der Waals surface area contributed by atoms with Gasteiger partial charge in [-0.05, 0) is 50.8 Å². The maximum Gasteiger partial charge on any atom is 0.416 e. The van der Waals surface area contributed by atoms with Gasteiger partial charge in [-0.15, -0.1) is 0 Å². The topological polar surface area (TPSA) is 174 Å². The fraction of sp³-hybridized carbons (Fsp3) is 0.447. The lowest BCUT2D eigenvalue weighted by atomic mass is 10.0. The van der Waals surface area contributed by atoms with E-state index in [9.17, 15) is 41.4 Å². The number of carbonyl (C=O) groups excluding carboxylic acids is 3. The van der Waals surface area contributed by atoms with E-state index in [0.717, 1.165) is 68.8 Å². The van der Waals surface area contributed by atoms with E-state index in [2.05, 4.69) is 31.2 Å². The molecule has 2 aliphatic heterocycles. The van der Waals surface area contributed by atoms with Gasteiger partial charge < -0.3 is 41.0 Å². The number of aliphatic hydroxyl groups is 1. The smallest absolute Gasteiger partial charge is 0.416 e. The third-order valence-corrected chi connectivity index (χ3v) is 9.92. The minimum atomic E-state index is -5.02. The highest BCUT2D eigenvalue weighted by molar-refractivity contribution is 6.02. The summed E-state index contributed by atoms with van der Waals surface area (Å²) in [6.07, 6.45) is 4.44. The second kappa shape index (κ2) is 17.5. The maximum absolute atomic E-state index is 14.2. The number of fused-ring (bicyclic) bond motifs is 2. The molecule has 18 heteroatoms. The molecular weight excluding hydrogens is 743 g/mol. The second-order valence-electron chi connectivity index (χ2n) is 13.9. The van der Waals surface area contributed by atoms with E-state index in [1.807, 2.05) is 12.1 Å². The summed E-state index contributed by atoms with van der Waals surface area (Å²) in [5.41, 5.74) is 1.70. The van der Waals surface area contributed by atoms with Crippen LogP contribution < -0.4 is 26.6 Å². The van der Waals surface area contributed by atoms with Gasteiger partial charge in [-0.3, -0.25) is 9.59 Å². The first-order valence-electron chi connectivity index (χ1n) is 18.5. The molecule has 56 heavy (non-hydrogen) atoms. The van der Waals surface area contributed by atoms with Crippen molar-refractivity contribution in [3.8, 4) is 0 Å². The Labute approximate surface area is 318 Å². The number of benzene rings is 2. The SMILES string of the molecule is Cc1c([C@@H](NC(=O)Nc2cnc(NCCCCCCCCCNc3cccc4c3CN(C3CCC(O)NC3=O)C4=O)nc2)C(F)(F)F)oc2c(F)cc(F)cc12. The highest BCUT2D eigenvalue weighted by Gasteiger charge is 2.46. The summed E-state index contributed by atoms with van der Waals surface area (Å²) in [5, 5.41) is 22.6. The van der Waals surface area contributed by atoms with Gasteiger partial charge in [-0.25, -0.2) is 23.5 Å². The maximum atomic E-state index is 14.2. The van der Waals surface area contributed by atoms with Crippen LogP contribution in [0, 0.1) is 18.6 Å². The lowest BCUT2D eigenvalue weighted by molar-refractivity contribution is -0.158. The average Bonchev–Trinajstić information content (AvgIpc) is 3.66. The van der Waals surface area contributed by atoms with E-state index in [-0.39, 0.29) is 34.4 Å². The molecule has 6 rings (SSSR count). The zero-order chi connectivity index (χ0) is 40.0. The Morgan fingerprint density at radius 1 is 1.00 bits per heavy atom. The van der Waals surface area contributed by atoms with Crippen LogP contribution in [0.25, 0.3) is 11.0 Å². The minimum Gasteiger partial charge on any atom is -0.455 e. The summed E-state index contributed by atoms with van der Waals surface area (Å²) < 4.78 is 74.8. The molecular formula is C38H43F5N8O5. The van der Waals surface area contributed by atoms with Crippen LogP contribution in [0.3, 0.4) is 0 Å². The summed E-state index contributed by atoms with van der Waals surface area (Å²) in [4.78, 5) is 47.8. The lowest BCUT2D eigenvalue weighted by Crippen LogP contribution is -2.54. The summed E-state index contributed by atoms with van der Waals surface area (Å²) in [6, 6.07) is 2.46. The Kier molecular flexibility index (Phi) is 12.6. The van der Waals surface area contributed by atoms with Crippen molar-refractivity contribution < 1.29 is 45.9 Å². The van der Waals surface area contributed by atoms with Crippen LogP contribution in [0.1, 0.15) is 91.1 Å². The number of furan rings is 1. The van der Waals surface area contributed by atoms with Gasteiger partial charge in [-0.1, -0.05) is 38.2 Å². The van der Waals surface area contributed by atoms with Crippen LogP contribution in [0.2, 0.25) is 0 Å². The molecule has 2 unspecified atom stereocenters. The molecule has 0 bridgehead atoms. The number of aliphatic hydroxyl groups excluding tert-OH is 1. The zero-order valence-corrected chi connectivity index (χ0v) is 30.6. The third kappa shape index (κ3) is 9.46. The van der Waals surface area contributed by atoms with Gasteiger partial charge in [-0.2, -0.15) is 13.2 Å². The number of nitrogens with one attached hydrogen (secondary N) is 5. The lowest BCUT2D eigenvalue weighted by Gasteiger charge is -2.32. The predicted octanol–water partition coefficient (Wildman–Crippen LogP) is 7.04. The van der Waals surface area contributed by atoms with Gasteiger partial charge in [0.05, 0.1) is 18.1 Å². The number of rotatable bonds is 16. The van der Waals surface area contributed by atoms with Crippen LogP contribution in [0.4, 0.5) is 44.1 Å². The largest absolute Gasteiger partial charge is 0.455 e. The molecule has 4 heterocycles. The van der Waals surface area contributed by atoms with Crippen molar-refractivity contribution in [3.63, 3.8) is 0 Å². The van der Waals surface area contributed by atoms with Crippen LogP contribution in [-0.4, -0.2) is 69.4 Å². The molecule has 0 spiro atoms. The molecule has 2 aromatic heterocycles. The number of piperidine rings is 1. The molecule has 2 aliphatic rings. The number of hydrogen-bond donors (Lipinski definition) is 6. The van der Waals surface area contributed by atoms with E-state index >= 15 is 0 Å². The Hall–Kier alpha value is -5.52. The number of unbranched alkanes of at least 4 members (excludes halogenated alkanes) is 6. The third-order valence-electron chi connectivity index (χ3n) is 9.92. The molecule has 0 aliphatic carbocycles. The second-order valence-corrected chi connectivity index (χ2v) is 13.9. The number of aromatic nitrogens is 2. The summed E-state index contributed by atoms with van der Waals surface area (Å²) in [5.74, 6) is -3.13. The molecule has 300 valence electrons. The van der Waals surface area contributed by atoms with Crippen LogP contribution in [-0.2, 0) is 11.3 Å². The number of anilines is 3. The van der Waals surface area contributed by atoms with Crippen molar-refractivity contribution >= 4 is 46.1 Å². The number of aryl methyl sites for hydroxylation is 1. The van der Waals surface area contributed by atoms with Gasteiger partial charge in [0.15, 0.2) is 17.4 Å². The highest BCUT2D eigenvalue weighted by Crippen LogP contribution is 2.39. The minimum absolute atomic E-state index is 0.0281. The first-order chi connectivity index (χ1) is 26.8. The molecule has 0 radical (unpaired) electrons. The number of carbonyl (C=O) groups is 3. The number of nitrogens with zero attached hydrogens (tertiary/aromatic N) is 3. The Morgan fingerprint density at radius 3 is 2.36 bits per heavy atom. The molecule has 13 nitrogen and oxygen atoms in total. The van der Waals surface area contributed by atoms with Crippen LogP contribution in [0.5, 0.6) is 0 Å². The van der Waals surface area contributed by atoms with Gasteiger partial charge in [0.2, 0.25) is 11.9 Å². The number of halogens is 5. The molecule has 1 saturated heterocycles. The van der Waals surface area contributed by atoms with E-state index in [0.29, 0.717) is 37.6 Å². The summed E-state index contributed by atoms with van der Waals surface area (Å²) in [7, 11) is 0. The molecule has 0 saturated carbocycles. The monoisotopic (exact) mass is 786 g/mol. The van der Waals surface area contributed by atoms with Crippen molar-refractivity contribution in [2.24, 2.45) is 0 Å². The Bertz CT molecular complexity index is 2040. The fourth-order valence-corrected chi connectivity index (χ4v) is 7.02. The van der Waals surface area contributed by atoms with Crippen molar-refractivity contribution in [1.82, 2.24) is 25.5 Å². The quantitative estimate of drug-likeness (QED) is 0.0515. The van der Waals surface area contributed by atoms with Gasteiger partial charge in [0, 0.05) is 53.5 Å². The van der Waals surface area contributed by atoms with Crippen molar-refractivity contribution in [2.75, 3.05) is 29.0 Å². The highest BCUT2D eigenvalue weighted by atomic mass is 19.4. The van der Waals surface area contributed by atoms with Crippen LogP contribution >= 0.6 is 0 Å². The fourth-order valence-electron chi connectivity index (χ4n) is 7.02. The molecule has 6 N–H and O–H groups in total. The Morgan fingerprint density at radius 2 is 1.68 bits per heavy atom. The van der Waals surface area contributed by atoms with E-state index in [4.69, 9.17) is 4.42 Å². The standard InChI is InChI=1S/C38H43F5N8O5/c1-21-25-16-22(39)17-27(40)32(25)56-31(21)33(38(41,42)43)50-37(55)48-23-18-46-36(47-19-23)45-15-8-6-4-2-3-5-7-14-44-28-11-9-10-24-26(28)20-51(35(24)54)29-12-13-30(52)49-34(29)53/h9-11,16-19,29-30,33,44,52H,2-8,12-15,20H2,1H3,(H,49,53)(H,45,46,47)(H2,48,50,55)/t29?,30?,33-/m1/s1. The van der Waals surface area contributed by atoms with Crippen LogP contribution in [0.15, 0.2) is 47.1 Å². The molecule has 4 amide bonds. The molecule has 2 aromatic carbocycles. The van der Waals surface area contributed by atoms with Crippen molar-refractivity contribution in [2.45, 2.75) is 95.7 Å². The molecule has 3 atom stereocenters. The van der Waals surface area contributed by atoms with E-state index in [1.165, 1.54) is 19.3 Å².